The molecule has 2 aromatic heterocycles. The number of halogens is 3. The molecule has 2 saturated carbocycles. The van der Waals surface area contributed by atoms with Crippen LogP contribution in [-0.2, 0) is 6.18 Å². The first-order chi connectivity index (χ1) is 15.8. The molecule has 4 heterocycles. The third-order valence-electron chi connectivity index (χ3n) is 8.43. The maximum atomic E-state index is 12.8. The molecule has 2 spiro atoms. The molecule has 5 nitrogen and oxygen atoms in total. The second-order valence-corrected chi connectivity index (χ2v) is 10.7. The lowest BCUT2D eigenvalue weighted by atomic mass is 9.55. The van der Waals surface area contributed by atoms with Crippen molar-refractivity contribution in [3.05, 3.63) is 54.1 Å². The Kier molecular flexibility index (Phi) is 4.96. The Bertz CT molecular complexity index is 975. The summed E-state index contributed by atoms with van der Waals surface area (Å²) in [5, 5.41) is 3.78. The largest absolute Gasteiger partial charge is 0.433 e. The van der Waals surface area contributed by atoms with E-state index >= 15 is 0 Å². The van der Waals surface area contributed by atoms with E-state index in [0.29, 0.717) is 17.5 Å². The fourth-order valence-corrected chi connectivity index (χ4v) is 6.72. The molecule has 0 radical (unpaired) electrons. The molecule has 0 aromatic carbocycles. The highest BCUT2D eigenvalue weighted by Crippen LogP contribution is 2.58. The third kappa shape index (κ3) is 3.81. The van der Waals surface area contributed by atoms with Gasteiger partial charge >= 0.3 is 6.18 Å². The number of hydrogen-bond acceptors (Lipinski definition) is 5. The van der Waals surface area contributed by atoms with Gasteiger partial charge in [-0.2, -0.15) is 13.2 Å². The molecule has 8 heteroatoms. The van der Waals surface area contributed by atoms with E-state index < -0.39 is 11.9 Å². The van der Waals surface area contributed by atoms with Crippen molar-refractivity contribution in [2.75, 3.05) is 37.6 Å². The zero-order valence-corrected chi connectivity index (χ0v) is 18.7. The first kappa shape index (κ1) is 21.4. The number of rotatable bonds is 4. The lowest BCUT2D eigenvalue weighted by Gasteiger charge is -2.63. The number of anilines is 1. The van der Waals surface area contributed by atoms with Crippen LogP contribution in [0.3, 0.4) is 0 Å². The van der Waals surface area contributed by atoms with Gasteiger partial charge in [0.2, 0.25) is 0 Å². The van der Waals surface area contributed by atoms with Crippen molar-refractivity contribution < 1.29 is 13.2 Å². The molecular formula is C25H30F3N5. The van der Waals surface area contributed by atoms with Crippen LogP contribution in [0.1, 0.15) is 49.4 Å². The molecule has 2 saturated heterocycles. The monoisotopic (exact) mass is 457 g/mol. The van der Waals surface area contributed by atoms with Gasteiger partial charge in [0, 0.05) is 62.1 Å². The predicted octanol–water partition coefficient (Wildman–Crippen LogP) is 4.28. The zero-order valence-electron chi connectivity index (χ0n) is 18.7. The summed E-state index contributed by atoms with van der Waals surface area (Å²) in [7, 11) is 0. The van der Waals surface area contributed by atoms with Gasteiger partial charge in [0.15, 0.2) is 0 Å². The topological polar surface area (TPSA) is 44.3 Å². The number of aromatic nitrogens is 2. The van der Waals surface area contributed by atoms with Gasteiger partial charge in [0.25, 0.3) is 0 Å². The number of alkyl halides is 3. The van der Waals surface area contributed by atoms with Gasteiger partial charge in [0.1, 0.15) is 5.69 Å². The van der Waals surface area contributed by atoms with Gasteiger partial charge in [0.05, 0.1) is 11.9 Å². The average molecular weight is 458 g/mol. The fourth-order valence-electron chi connectivity index (χ4n) is 6.72. The summed E-state index contributed by atoms with van der Waals surface area (Å²) in [4.78, 5) is 12.9. The van der Waals surface area contributed by atoms with Gasteiger partial charge in [-0.1, -0.05) is 6.07 Å². The molecular weight excluding hydrogens is 427 g/mol. The maximum Gasteiger partial charge on any atom is 0.433 e. The van der Waals surface area contributed by atoms with E-state index in [4.69, 9.17) is 0 Å². The van der Waals surface area contributed by atoms with Crippen molar-refractivity contribution in [2.45, 2.75) is 49.9 Å². The number of nitrogens with one attached hydrogen (secondary N) is 1. The van der Waals surface area contributed by atoms with Crippen molar-refractivity contribution >= 4 is 5.69 Å². The van der Waals surface area contributed by atoms with Crippen LogP contribution in [0.2, 0.25) is 0 Å². The Morgan fingerprint density at radius 3 is 2.48 bits per heavy atom. The number of pyridine rings is 2. The molecule has 6 rings (SSSR count). The minimum atomic E-state index is -4.39. The quantitative estimate of drug-likeness (QED) is 0.743. The van der Waals surface area contributed by atoms with Gasteiger partial charge in [-0.15, -0.1) is 0 Å². The van der Waals surface area contributed by atoms with Crippen LogP contribution in [-0.4, -0.2) is 53.1 Å². The van der Waals surface area contributed by atoms with Crippen LogP contribution in [0.5, 0.6) is 0 Å². The zero-order chi connectivity index (χ0) is 22.7. The summed E-state index contributed by atoms with van der Waals surface area (Å²) in [6.45, 7) is 5.03. The molecule has 176 valence electrons. The van der Waals surface area contributed by atoms with Crippen LogP contribution in [0, 0.1) is 11.3 Å². The summed E-state index contributed by atoms with van der Waals surface area (Å²) >= 11 is 0. The smallest absolute Gasteiger partial charge is 0.369 e. The van der Waals surface area contributed by atoms with E-state index in [-0.39, 0.29) is 5.41 Å². The molecule has 2 aliphatic heterocycles. The summed E-state index contributed by atoms with van der Waals surface area (Å²) in [6, 6.07) is 7.30. The lowest BCUT2D eigenvalue weighted by molar-refractivity contribution is -0.141. The minimum Gasteiger partial charge on any atom is -0.369 e. The molecule has 4 aliphatic rings. The first-order valence-electron chi connectivity index (χ1n) is 12.0. The highest BCUT2D eigenvalue weighted by molar-refractivity contribution is 5.49. The van der Waals surface area contributed by atoms with E-state index in [1.54, 1.807) is 6.07 Å². The summed E-state index contributed by atoms with van der Waals surface area (Å²) in [6.07, 6.45) is 7.04. The van der Waals surface area contributed by atoms with E-state index in [0.717, 1.165) is 57.3 Å². The maximum absolute atomic E-state index is 12.8. The van der Waals surface area contributed by atoms with Crippen LogP contribution in [0.4, 0.5) is 18.9 Å². The molecule has 0 bridgehead atoms. The van der Waals surface area contributed by atoms with Gasteiger partial charge in [-0.3, -0.25) is 9.88 Å². The normalized spacial score (nSPS) is 25.4. The standard InChI is InChI=1S/C25H30F3N5/c26-25(27,28)21-5-4-20(14-30-21)33-15-23(16-33)11-19(12-23)22(18-3-1-8-29-13-18)32-10-9-31-24(17-32)6-2-7-24/h1,3-5,8,13-14,19,22,31H,2,6-7,9-12,15-17H2. The van der Waals surface area contributed by atoms with Crippen LogP contribution < -0.4 is 10.2 Å². The average Bonchev–Trinajstić information content (AvgIpc) is 2.73. The van der Waals surface area contributed by atoms with E-state index in [1.807, 2.05) is 18.5 Å². The molecule has 33 heavy (non-hydrogen) atoms. The molecule has 1 unspecified atom stereocenters. The Balaban J connectivity index is 1.13. The Labute approximate surface area is 192 Å². The van der Waals surface area contributed by atoms with Crippen molar-refractivity contribution in [3.8, 4) is 0 Å². The molecule has 4 fully saturated rings. The fraction of sp³-hybridized carbons (Fsp3) is 0.600. The number of piperazine rings is 1. The highest BCUT2D eigenvalue weighted by Gasteiger charge is 2.56. The number of hydrogen-bond donors (Lipinski definition) is 1. The Morgan fingerprint density at radius 2 is 1.88 bits per heavy atom. The summed E-state index contributed by atoms with van der Waals surface area (Å²) < 4.78 is 38.4. The Morgan fingerprint density at radius 1 is 1.06 bits per heavy atom. The van der Waals surface area contributed by atoms with Gasteiger partial charge < -0.3 is 10.2 Å². The van der Waals surface area contributed by atoms with Crippen LogP contribution in [0.25, 0.3) is 0 Å². The van der Waals surface area contributed by atoms with Crippen LogP contribution >= 0.6 is 0 Å². The lowest BCUT2D eigenvalue weighted by Crippen LogP contribution is -2.67. The van der Waals surface area contributed by atoms with E-state index in [2.05, 4.69) is 31.2 Å². The molecule has 1 atom stereocenters. The molecule has 2 aliphatic carbocycles. The number of nitrogens with zero attached hydrogens (tertiary/aromatic N) is 4. The SMILES string of the molecule is FC(F)(F)c1ccc(N2CC3(CC(C(c4cccnc4)N4CCNC5(CCC5)C4)C3)C2)cn1. The van der Waals surface area contributed by atoms with Crippen molar-refractivity contribution in [1.82, 2.24) is 20.2 Å². The highest BCUT2D eigenvalue weighted by atomic mass is 19.4. The van der Waals surface area contributed by atoms with Crippen molar-refractivity contribution in [2.24, 2.45) is 11.3 Å². The summed E-state index contributed by atoms with van der Waals surface area (Å²) in [5.41, 5.74) is 1.87. The Hall–Kier alpha value is -2.19. The van der Waals surface area contributed by atoms with Gasteiger partial charge in [-0.25, -0.2) is 4.98 Å². The van der Waals surface area contributed by atoms with Gasteiger partial charge in [-0.05, 0) is 61.8 Å². The van der Waals surface area contributed by atoms with Crippen molar-refractivity contribution in [3.63, 3.8) is 0 Å². The van der Waals surface area contributed by atoms with Crippen molar-refractivity contribution in [1.29, 1.82) is 0 Å². The molecule has 2 aromatic rings. The molecule has 1 N–H and O–H groups in total. The van der Waals surface area contributed by atoms with E-state index in [9.17, 15) is 13.2 Å². The third-order valence-corrected chi connectivity index (χ3v) is 8.43. The second-order valence-electron chi connectivity index (χ2n) is 10.7. The van der Waals surface area contributed by atoms with Crippen LogP contribution in [0.15, 0.2) is 42.9 Å². The predicted molar refractivity (Wildman–Crippen MR) is 120 cm³/mol. The second kappa shape index (κ2) is 7.67. The van der Waals surface area contributed by atoms with E-state index in [1.165, 1.54) is 31.0 Å². The molecule has 0 amide bonds. The first-order valence-corrected chi connectivity index (χ1v) is 12.0. The summed E-state index contributed by atoms with van der Waals surface area (Å²) in [5.74, 6) is 0.595. The minimum absolute atomic E-state index is 0.288.